The molecule has 1 heterocycles. The maximum atomic E-state index is 12.3. The Labute approximate surface area is 133 Å². The fraction of sp³-hybridized carbons (Fsp3) is 0.533. The Bertz CT molecular complexity index is 512. The third-order valence-corrected chi connectivity index (χ3v) is 3.67. The number of alkyl halides is 3. The summed E-state index contributed by atoms with van der Waals surface area (Å²) in [5.74, 6) is 0.737. The summed E-state index contributed by atoms with van der Waals surface area (Å²) in [4.78, 5) is 14.9. The Kier molecular flexibility index (Phi) is 5.70. The Morgan fingerprint density at radius 3 is 2.30 bits per heavy atom. The quantitative estimate of drug-likeness (QED) is 0.919. The molecule has 1 aromatic carbocycles. The van der Waals surface area contributed by atoms with E-state index in [0.29, 0.717) is 19.6 Å². The number of nitrogens with one attached hydrogen (secondary N) is 1. The van der Waals surface area contributed by atoms with Gasteiger partial charge in [0.15, 0.2) is 0 Å². The van der Waals surface area contributed by atoms with E-state index in [4.69, 9.17) is 4.74 Å². The van der Waals surface area contributed by atoms with Gasteiger partial charge in [0.2, 0.25) is 0 Å². The number of benzene rings is 1. The molecule has 1 fully saturated rings. The van der Waals surface area contributed by atoms with Gasteiger partial charge >= 0.3 is 12.2 Å². The van der Waals surface area contributed by atoms with Crippen molar-refractivity contribution in [3.05, 3.63) is 29.8 Å². The minimum Gasteiger partial charge on any atom is -0.497 e. The summed E-state index contributed by atoms with van der Waals surface area (Å²) in [6.45, 7) is 0.500. The molecule has 23 heavy (non-hydrogen) atoms. The molecule has 2 amide bonds. The van der Waals surface area contributed by atoms with E-state index in [-0.39, 0.29) is 19.1 Å². The van der Waals surface area contributed by atoms with Crippen molar-refractivity contribution in [2.24, 2.45) is 0 Å². The average molecular weight is 331 g/mol. The molecule has 0 aromatic heterocycles. The van der Waals surface area contributed by atoms with Gasteiger partial charge in [0.1, 0.15) is 5.75 Å². The Morgan fingerprint density at radius 1 is 1.17 bits per heavy atom. The van der Waals surface area contributed by atoms with Gasteiger partial charge in [-0.25, -0.2) is 4.79 Å². The second-order valence-electron chi connectivity index (χ2n) is 5.39. The minimum absolute atomic E-state index is 0.232. The van der Waals surface area contributed by atoms with Crippen LogP contribution in [0.4, 0.5) is 18.0 Å². The molecule has 0 bridgehead atoms. The average Bonchev–Trinajstić information content (AvgIpc) is 2.52. The molecular formula is C15H20F3N3O2. The van der Waals surface area contributed by atoms with Crippen LogP contribution < -0.4 is 10.1 Å². The van der Waals surface area contributed by atoms with Crippen LogP contribution in [-0.2, 0) is 6.54 Å². The number of ether oxygens (including phenoxy) is 1. The second-order valence-corrected chi connectivity index (χ2v) is 5.39. The molecule has 0 radical (unpaired) electrons. The van der Waals surface area contributed by atoms with Crippen LogP contribution in [0.1, 0.15) is 5.56 Å². The third-order valence-electron chi connectivity index (χ3n) is 3.67. The van der Waals surface area contributed by atoms with Crippen LogP contribution in [0.2, 0.25) is 0 Å². The summed E-state index contributed by atoms with van der Waals surface area (Å²) in [5.41, 5.74) is 0.926. The lowest BCUT2D eigenvalue weighted by atomic mass is 10.2. The molecule has 0 saturated carbocycles. The first-order valence-corrected chi connectivity index (χ1v) is 7.32. The molecule has 0 atom stereocenters. The number of carbonyl (C=O) groups is 1. The van der Waals surface area contributed by atoms with E-state index in [1.54, 1.807) is 19.2 Å². The Balaban J connectivity index is 1.74. The first-order valence-electron chi connectivity index (χ1n) is 7.32. The van der Waals surface area contributed by atoms with E-state index < -0.39 is 12.7 Å². The number of carbonyl (C=O) groups excluding carboxylic acids is 1. The summed E-state index contributed by atoms with van der Waals surface area (Å²) in [6.07, 6.45) is -4.20. The van der Waals surface area contributed by atoms with Crippen LogP contribution in [0.25, 0.3) is 0 Å². The van der Waals surface area contributed by atoms with Gasteiger partial charge in [-0.15, -0.1) is 0 Å². The summed E-state index contributed by atoms with van der Waals surface area (Å²) in [5, 5.41) is 2.77. The fourth-order valence-corrected chi connectivity index (χ4v) is 2.40. The summed E-state index contributed by atoms with van der Waals surface area (Å²) in [7, 11) is 1.58. The maximum Gasteiger partial charge on any atom is 0.401 e. The van der Waals surface area contributed by atoms with E-state index in [1.807, 2.05) is 12.1 Å². The van der Waals surface area contributed by atoms with Gasteiger partial charge in [0, 0.05) is 32.7 Å². The van der Waals surface area contributed by atoms with Crippen molar-refractivity contribution >= 4 is 6.03 Å². The summed E-state index contributed by atoms with van der Waals surface area (Å²) in [6, 6.07) is 7.04. The van der Waals surface area contributed by atoms with Gasteiger partial charge in [0.05, 0.1) is 13.7 Å². The van der Waals surface area contributed by atoms with E-state index in [9.17, 15) is 18.0 Å². The first kappa shape index (κ1) is 17.4. The van der Waals surface area contributed by atoms with E-state index in [0.717, 1.165) is 11.3 Å². The van der Waals surface area contributed by atoms with E-state index in [2.05, 4.69) is 5.32 Å². The highest BCUT2D eigenvalue weighted by molar-refractivity contribution is 5.74. The van der Waals surface area contributed by atoms with Crippen LogP contribution in [0.3, 0.4) is 0 Å². The zero-order chi connectivity index (χ0) is 16.9. The molecule has 8 heteroatoms. The van der Waals surface area contributed by atoms with Gasteiger partial charge < -0.3 is 15.0 Å². The van der Waals surface area contributed by atoms with E-state index >= 15 is 0 Å². The largest absolute Gasteiger partial charge is 0.497 e. The molecule has 1 saturated heterocycles. The lowest BCUT2D eigenvalue weighted by Crippen LogP contribution is -2.53. The van der Waals surface area contributed by atoms with Gasteiger partial charge in [-0.1, -0.05) is 12.1 Å². The topological polar surface area (TPSA) is 44.8 Å². The SMILES string of the molecule is COc1ccc(CNC(=O)N2CCN(CC(F)(F)F)CC2)cc1. The number of rotatable bonds is 4. The summed E-state index contributed by atoms with van der Waals surface area (Å²) >= 11 is 0. The predicted molar refractivity (Wildman–Crippen MR) is 79.3 cm³/mol. The molecule has 1 aromatic rings. The van der Waals surface area contributed by atoms with Crippen LogP contribution >= 0.6 is 0 Å². The minimum atomic E-state index is -4.20. The van der Waals surface area contributed by atoms with Crippen molar-refractivity contribution in [1.82, 2.24) is 15.1 Å². The predicted octanol–water partition coefficient (Wildman–Crippen LogP) is 2.08. The molecule has 0 spiro atoms. The smallest absolute Gasteiger partial charge is 0.401 e. The van der Waals surface area contributed by atoms with Gasteiger partial charge in [0.25, 0.3) is 0 Å². The highest BCUT2D eigenvalue weighted by Crippen LogP contribution is 2.17. The fourth-order valence-electron chi connectivity index (χ4n) is 2.40. The van der Waals surface area contributed by atoms with Crippen LogP contribution in [0.15, 0.2) is 24.3 Å². The second kappa shape index (κ2) is 7.54. The molecular weight excluding hydrogens is 311 g/mol. The zero-order valence-electron chi connectivity index (χ0n) is 12.9. The molecule has 0 unspecified atom stereocenters. The number of halogens is 3. The van der Waals surface area contributed by atoms with Gasteiger partial charge in [-0.3, -0.25) is 4.90 Å². The molecule has 5 nitrogen and oxygen atoms in total. The number of amides is 2. The molecule has 1 aliphatic heterocycles. The molecule has 1 aliphatic rings. The van der Waals surface area contributed by atoms with Crippen molar-refractivity contribution in [2.75, 3.05) is 39.8 Å². The summed E-state index contributed by atoms with van der Waals surface area (Å²) < 4.78 is 42.0. The molecule has 2 rings (SSSR count). The number of urea groups is 1. The van der Waals surface area contributed by atoms with Crippen molar-refractivity contribution in [2.45, 2.75) is 12.7 Å². The van der Waals surface area contributed by atoms with Gasteiger partial charge in [-0.05, 0) is 17.7 Å². The molecule has 1 N–H and O–H groups in total. The van der Waals surface area contributed by atoms with Crippen molar-refractivity contribution in [1.29, 1.82) is 0 Å². The van der Waals surface area contributed by atoms with Crippen LogP contribution in [-0.4, -0.2) is 61.8 Å². The number of methoxy groups -OCH3 is 1. The Hall–Kier alpha value is -1.96. The van der Waals surface area contributed by atoms with Crippen molar-refractivity contribution < 1.29 is 22.7 Å². The number of hydrogen-bond acceptors (Lipinski definition) is 3. The Morgan fingerprint density at radius 2 is 1.78 bits per heavy atom. The van der Waals surface area contributed by atoms with Crippen LogP contribution in [0.5, 0.6) is 5.75 Å². The molecule has 128 valence electrons. The lowest BCUT2D eigenvalue weighted by Gasteiger charge is -2.34. The maximum absolute atomic E-state index is 12.3. The number of piperazine rings is 1. The zero-order valence-corrected chi connectivity index (χ0v) is 12.9. The standard InChI is InChI=1S/C15H20F3N3O2/c1-23-13-4-2-12(3-5-13)10-19-14(22)21-8-6-20(7-9-21)11-15(16,17)18/h2-5H,6-11H2,1H3,(H,19,22). The van der Waals surface area contributed by atoms with Crippen LogP contribution in [0, 0.1) is 0 Å². The first-order chi connectivity index (χ1) is 10.9. The van der Waals surface area contributed by atoms with E-state index in [1.165, 1.54) is 9.80 Å². The lowest BCUT2D eigenvalue weighted by molar-refractivity contribution is -0.148. The number of hydrogen-bond donors (Lipinski definition) is 1. The highest BCUT2D eigenvalue weighted by Gasteiger charge is 2.32. The third kappa shape index (κ3) is 5.63. The van der Waals surface area contributed by atoms with Crippen molar-refractivity contribution in [3.8, 4) is 5.75 Å². The highest BCUT2D eigenvalue weighted by atomic mass is 19.4. The molecule has 0 aliphatic carbocycles. The monoisotopic (exact) mass is 331 g/mol. The normalized spacial score (nSPS) is 16.3. The van der Waals surface area contributed by atoms with Gasteiger partial charge in [-0.2, -0.15) is 13.2 Å². The van der Waals surface area contributed by atoms with Crippen molar-refractivity contribution in [3.63, 3.8) is 0 Å². The number of nitrogens with zero attached hydrogens (tertiary/aromatic N) is 2.